The summed E-state index contributed by atoms with van der Waals surface area (Å²) < 4.78 is 10.1. The molecule has 4 rings (SSSR count). The van der Waals surface area contributed by atoms with Crippen molar-refractivity contribution in [2.24, 2.45) is 0 Å². The maximum Gasteiger partial charge on any atom is 0.417 e. The van der Waals surface area contributed by atoms with Gasteiger partial charge < -0.3 is 18.6 Å². The third kappa shape index (κ3) is 3.01. The maximum absolute atomic E-state index is 12.8. The fourth-order valence-electron chi connectivity index (χ4n) is 3.15. The fraction of sp³-hybridized carbons (Fsp3) is 0.278. The molecule has 0 aliphatic carbocycles. The second kappa shape index (κ2) is 6.55. The summed E-state index contributed by atoms with van der Waals surface area (Å²) in [4.78, 5) is 42.4. The summed E-state index contributed by atoms with van der Waals surface area (Å²) in [6.45, 7) is 2.00. The number of oxazole rings is 1. The lowest BCUT2D eigenvalue weighted by Gasteiger charge is -2.21. The summed E-state index contributed by atoms with van der Waals surface area (Å²) in [5.41, 5.74) is 1.38. The molecule has 1 aromatic carbocycles. The highest BCUT2D eigenvalue weighted by molar-refractivity contribution is 5.97. The first-order valence-electron chi connectivity index (χ1n) is 8.37. The van der Waals surface area contributed by atoms with Gasteiger partial charge in [-0.15, -0.1) is 0 Å². The molecule has 8 heteroatoms. The lowest BCUT2D eigenvalue weighted by Crippen LogP contribution is -2.37. The lowest BCUT2D eigenvalue weighted by molar-refractivity contribution is 0.0700. The summed E-state index contributed by atoms with van der Waals surface area (Å²) in [5, 5.41) is 0. The standard InChI is InChI=1S/C18H17N3O5/c22-16(12-4-5-14-13(11-12)19-18(24)26-14)20-6-2-7-21(9-8-20)17(23)15-3-1-10-25-15/h1,3-5,10-11H,2,6-9H2,(H,19,24). The summed E-state index contributed by atoms with van der Waals surface area (Å²) in [6.07, 6.45) is 2.15. The molecule has 0 unspecified atom stereocenters. The van der Waals surface area contributed by atoms with Gasteiger partial charge in [0.2, 0.25) is 0 Å². The monoisotopic (exact) mass is 355 g/mol. The zero-order valence-corrected chi connectivity index (χ0v) is 13.9. The van der Waals surface area contributed by atoms with Gasteiger partial charge in [0.05, 0.1) is 11.8 Å². The largest absolute Gasteiger partial charge is 0.459 e. The van der Waals surface area contributed by atoms with Crippen LogP contribution < -0.4 is 5.76 Å². The van der Waals surface area contributed by atoms with Crippen LogP contribution in [0.3, 0.4) is 0 Å². The molecular weight excluding hydrogens is 338 g/mol. The van der Waals surface area contributed by atoms with Gasteiger partial charge in [0, 0.05) is 31.7 Å². The van der Waals surface area contributed by atoms with Crippen molar-refractivity contribution in [2.75, 3.05) is 26.2 Å². The van der Waals surface area contributed by atoms with Crippen LogP contribution in [0.2, 0.25) is 0 Å². The Kier molecular flexibility index (Phi) is 4.08. The van der Waals surface area contributed by atoms with Gasteiger partial charge in [-0.1, -0.05) is 0 Å². The average molecular weight is 355 g/mol. The third-order valence-electron chi connectivity index (χ3n) is 4.47. The van der Waals surface area contributed by atoms with Crippen LogP contribution in [-0.4, -0.2) is 52.8 Å². The Labute approximate surface area is 148 Å². The SMILES string of the molecule is O=C(c1ccc2oc(=O)[nH]c2c1)N1CCCN(C(=O)c2ccco2)CC1. The summed E-state index contributed by atoms with van der Waals surface area (Å²) in [5.74, 6) is -0.548. The smallest absolute Gasteiger partial charge is 0.417 e. The van der Waals surface area contributed by atoms with E-state index in [1.54, 1.807) is 40.1 Å². The van der Waals surface area contributed by atoms with Gasteiger partial charge in [-0.25, -0.2) is 4.79 Å². The number of aromatic amines is 1. The molecule has 3 heterocycles. The first-order chi connectivity index (χ1) is 12.6. The van der Waals surface area contributed by atoms with E-state index in [9.17, 15) is 14.4 Å². The van der Waals surface area contributed by atoms with Crippen LogP contribution in [-0.2, 0) is 0 Å². The highest BCUT2D eigenvalue weighted by Gasteiger charge is 2.25. The Balaban J connectivity index is 1.48. The molecule has 2 aromatic heterocycles. The minimum Gasteiger partial charge on any atom is -0.459 e. The van der Waals surface area contributed by atoms with Crippen LogP contribution in [0, 0.1) is 0 Å². The second-order valence-corrected chi connectivity index (χ2v) is 6.14. The van der Waals surface area contributed by atoms with Crippen LogP contribution >= 0.6 is 0 Å². The molecule has 0 saturated carbocycles. The highest BCUT2D eigenvalue weighted by Crippen LogP contribution is 2.16. The van der Waals surface area contributed by atoms with Crippen molar-refractivity contribution in [3.8, 4) is 0 Å². The van der Waals surface area contributed by atoms with E-state index in [1.165, 1.54) is 6.26 Å². The van der Waals surface area contributed by atoms with Crippen LogP contribution in [0.1, 0.15) is 27.3 Å². The molecule has 0 atom stereocenters. The topological polar surface area (TPSA) is 99.8 Å². The summed E-state index contributed by atoms with van der Waals surface area (Å²) in [6, 6.07) is 8.16. The van der Waals surface area contributed by atoms with E-state index in [4.69, 9.17) is 8.83 Å². The predicted octanol–water partition coefficient (Wildman–Crippen LogP) is 1.70. The molecule has 0 spiro atoms. The maximum atomic E-state index is 12.8. The number of aromatic nitrogens is 1. The molecular formula is C18H17N3O5. The second-order valence-electron chi connectivity index (χ2n) is 6.14. The van der Waals surface area contributed by atoms with E-state index < -0.39 is 5.76 Å². The molecule has 8 nitrogen and oxygen atoms in total. The molecule has 2 amide bonds. The van der Waals surface area contributed by atoms with Gasteiger partial charge in [-0.05, 0) is 36.8 Å². The molecule has 0 bridgehead atoms. The molecule has 1 aliphatic rings. The van der Waals surface area contributed by atoms with Crippen molar-refractivity contribution in [3.05, 3.63) is 58.5 Å². The van der Waals surface area contributed by atoms with Crippen molar-refractivity contribution in [1.29, 1.82) is 0 Å². The van der Waals surface area contributed by atoms with Crippen LogP contribution in [0.25, 0.3) is 11.1 Å². The van der Waals surface area contributed by atoms with Crippen molar-refractivity contribution < 1.29 is 18.4 Å². The molecule has 1 saturated heterocycles. The minimum atomic E-state index is -0.550. The van der Waals surface area contributed by atoms with E-state index >= 15 is 0 Å². The van der Waals surface area contributed by atoms with Gasteiger partial charge >= 0.3 is 5.76 Å². The van der Waals surface area contributed by atoms with Crippen LogP contribution in [0.4, 0.5) is 0 Å². The Hall–Kier alpha value is -3.29. The Morgan fingerprint density at radius 2 is 1.77 bits per heavy atom. The zero-order valence-electron chi connectivity index (χ0n) is 13.9. The predicted molar refractivity (Wildman–Crippen MR) is 92.0 cm³/mol. The number of amides is 2. The molecule has 1 fully saturated rings. The molecule has 1 aliphatic heterocycles. The van der Waals surface area contributed by atoms with E-state index in [1.807, 2.05) is 0 Å². The minimum absolute atomic E-state index is 0.138. The van der Waals surface area contributed by atoms with Gasteiger partial charge in [0.1, 0.15) is 0 Å². The summed E-state index contributed by atoms with van der Waals surface area (Å²) in [7, 11) is 0. The van der Waals surface area contributed by atoms with Gasteiger partial charge in [0.15, 0.2) is 11.3 Å². The first kappa shape index (κ1) is 16.2. The number of carbonyl (C=O) groups excluding carboxylic acids is 2. The number of hydrogen-bond donors (Lipinski definition) is 1. The van der Waals surface area contributed by atoms with Gasteiger partial charge in [-0.2, -0.15) is 0 Å². The number of benzene rings is 1. The number of fused-ring (bicyclic) bond motifs is 1. The van der Waals surface area contributed by atoms with Crippen molar-refractivity contribution >= 4 is 22.9 Å². The molecule has 0 radical (unpaired) electrons. The molecule has 3 aromatic rings. The van der Waals surface area contributed by atoms with Gasteiger partial charge in [0.25, 0.3) is 11.8 Å². The average Bonchev–Trinajstić information content (AvgIpc) is 3.23. The number of rotatable bonds is 2. The van der Waals surface area contributed by atoms with Crippen molar-refractivity contribution in [3.63, 3.8) is 0 Å². The highest BCUT2D eigenvalue weighted by atomic mass is 16.4. The van der Waals surface area contributed by atoms with Crippen molar-refractivity contribution in [2.45, 2.75) is 6.42 Å². The van der Waals surface area contributed by atoms with Crippen LogP contribution in [0.15, 0.2) is 50.2 Å². The first-order valence-corrected chi connectivity index (χ1v) is 8.37. The molecule has 26 heavy (non-hydrogen) atoms. The Morgan fingerprint density at radius 1 is 1.00 bits per heavy atom. The normalized spacial score (nSPS) is 15.2. The number of carbonyl (C=O) groups is 2. The number of furan rings is 1. The number of nitrogens with zero attached hydrogens (tertiary/aromatic N) is 2. The fourth-order valence-corrected chi connectivity index (χ4v) is 3.15. The van der Waals surface area contributed by atoms with E-state index in [0.717, 1.165) is 0 Å². The Bertz CT molecular complexity index is 1000. The zero-order chi connectivity index (χ0) is 18.1. The van der Waals surface area contributed by atoms with E-state index in [-0.39, 0.29) is 11.8 Å². The third-order valence-corrected chi connectivity index (χ3v) is 4.47. The number of H-pyrrole nitrogens is 1. The summed E-state index contributed by atoms with van der Waals surface area (Å²) >= 11 is 0. The van der Waals surface area contributed by atoms with E-state index in [0.29, 0.717) is 55.0 Å². The lowest BCUT2D eigenvalue weighted by atomic mass is 10.1. The van der Waals surface area contributed by atoms with Crippen molar-refractivity contribution in [1.82, 2.24) is 14.8 Å². The van der Waals surface area contributed by atoms with Crippen LogP contribution in [0.5, 0.6) is 0 Å². The molecule has 134 valence electrons. The van der Waals surface area contributed by atoms with Gasteiger partial charge in [-0.3, -0.25) is 14.6 Å². The number of hydrogen-bond acceptors (Lipinski definition) is 5. The van der Waals surface area contributed by atoms with E-state index in [2.05, 4.69) is 4.98 Å². The Morgan fingerprint density at radius 3 is 2.50 bits per heavy atom. The quantitative estimate of drug-likeness (QED) is 0.754. The number of nitrogens with one attached hydrogen (secondary N) is 1. The molecule has 1 N–H and O–H groups in total.